The van der Waals surface area contributed by atoms with Crippen LogP contribution in [0.2, 0.25) is 0 Å². The molecule has 0 aromatic heterocycles. The lowest BCUT2D eigenvalue weighted by molar-refractivity contribution is -0.384. The van der Waals surface area contributed by atoms with Crippen molar-refractivity contribution in [1.82, 2.24) is 10.6 Å². The van der Waals surface area contributed by atoms with E-state index in [9.17, 15) is 19.7 Å². The van der Waals surface area contributed by atoms with E-state index in [0.717, 1.165) is 18.4 Å². The van der Waals surface area contributed by atoms with Gasteiger partial charge in [0.25, 0.3) is 11.6 Å². The molecule has 2 amide bonds. The van der Waals surface area contributed by atoms with Gasteiger partial charge < -0.3 is 10.6 Å². The first-order chi connectivity index (χ1) is 14.0. The fourth-order valence-corrected chi connectivity index (χ4v) is 3.27. The first-order valence-electron chi connectivity index (χ1n) is 9.83. The summed E-state index contributed by atoms with van der Waals surface area (Å²) in [6, 6.07) is 15.2. The molecule has 0 aliphatic heterocycles. The second kappa shape index (κ2) is 10.9. The summed E-state index contributed by atoms with van der Waals surface area (Å²) in [6.45, 7) is 4.41. The Kier molecular flexibility index (Phi) is 8.33. The Balaban J connectivity index is 1.90. The van der Waals surface area contributed by atoms with Crippen LogP contribution in [0, 0.1) is 16.0 Å². The number of amides is 2. The standard InChI is InChI=1S/C22H27N3O4/c1-3-16(4-2)21(17-8-6-5-7-9-17)24-20(26)14-15-23-22(27)18-10-12-19(13-11-18)25(28)29/h5-13,16,21H,3-4,14-15H2,1-2H3,(H,23,27)(H,24,26)/t21-/m1/s1. The maximum Gasteiger partial charge on any atom is 0.269 e. The molecule has 0 heterocycles. The van der Waals surface area contributed by atoms with Gasteiger partial charge in [-0.05, 0) is 23.6 Å². The predicted molar refractivity (Wildman–Crippen MR) is 111 cm³/mol. The zero-order valence-corrected chi connectivity index (χ0v) is 16.8. The van der Waals surface area contributed by atoms with Crippen molar-refractivity contribution in [2.45, 2.75) is 39.2 Å². The second-order valence-electron chi connectivity index (χ2n) is 6.84. The molecule has 7 nitrogen and oxygen atoms in total. The number of non-ortho nitro benzene ring substituents is 1. The summed E-state index contributed by atoms with van der Waals surface area (Å²) in [7, 11) is 0. The molecule has 7 heteroatoms. The van der Waals surface area contributed by atoms with Gasteiger partial charge in [0.15, 0.2) is 0 Å². The van der Waals surface area contributed by atoms with Gasteiger partial charge in [-0.25, -0.2) is 0 Å². The zero-order chi connectivity index (χ0) is 21.2. The zero-order valence-electron chi connectivity index (χ0n) is 16.8. The number of nitro groups is 1. The molecule has 154 valence electrons. The van der Waals surface area contributed by atoms with E-state index in [1.807, 2.05) is 30.3 Å². The van der Waals surface area contributed by atoms with Crippen molar-refractivity contribution in [3.05, 3.63) is 75.8 Å². The Hall–Kier alpha value is -3.22. The molecule has 0 radical (unpaired) electrons. The lowest BCUT2D eigenvalue weighted by Crippen LogP contribution is -2.35. The lowest BCUT2D eigenvalue weighted by atomic mass is 9.88. The number of rotatable bonds is 10. The van der Waals surface area contributed by atoms with Gasteiger partial charge in [-0.15, -0.1) is 0 Å². The van der Waals surface area contributed by atoms with Crippen LogP contribution in [0.15, 0.2) is 54.6 Å². The van der Waals surface area contributed by atoms with Crippen LogP contribution < -0.4 is 10.6 Å². The Morgan fingerprint density at radius 1 is 1.00 bits per heavy atom. The van der Waals surface area contributed by atoms with Crippen LogP contribution >= 0.6 is 0 Å². The normalized spacial score (nSPS) is 11.7. The molecule has 0 aliphatic rings. The Labute approximate surface area is 170 Å². The number of hydrogen-bond acceptors (Lipinski definition) is 4. The quantitative estimate of drug-likeness (QED) is 0.467. The van der Waals surface area contributed by atoms with Gasteiger partial charge in [-0.2, -0.15) is 0 Å². The number of carbonyl (C=O) groups is 2. The summed E-state index contributed by atoms with van der Waals surface area (Å²) < 4.78 is 0. The van der Waals surface area contributed by atoms with Gasteiger partial charge in [-0.3, -0.25) is 19.7 Å². The Morgan fingerprint density at radius 2 is 1.62 bits per heavy atom. The number of carbonyl (C=O) groups excluding carboxylic acids is 2. The van der Waals surface area contributed by atoms with Crippen LogP contribution in [-0.2, 0) is 4.79 Å². The van der Waals surface area contributed by atoms with Gasteiger partial charge >= 0.3 is 0 Å². The van der Waals surface area contributed by atoms with E-state index in [1.54, 1.807) is 0 Å². The van der Waals surface area contributed by atoms with E-state index < -0.39 is 4.92 Å². The minimum atomic E-state index is -0.519. The van der Waals surface area contributed by atoms with Crippen LogP contribution in [0.4, 0.5) is 5.69 Å². The van der Waals surface area contributed by atoms with Crippen LogP contribution in [0.3, 0.4) is 0 Å². The van der Waals surface area contributed by atoms with Crippen molar-refractivity contribution < 1.29 is 14.5 Å². The van der Waals surface area contributed by atoms with E-state index in [1.165, 1.54) is 24.3 Å². The molecule has 29 heavy (non-hydrogen) atoms. The van der Waals surface area contributed by atoms with Crippen LogP contribution in [-0.4, -0.2) is 23.3 Å². The van der Waals surface area contributed by atoms with Gasteiger partial charge in [0.1, 0.15) is 0 Å². The lowest BCUT2D eigenvalue weighted by Gasteiger charge is -2.27. The molecule has 0 bridgehead atoms. The molecule has 0 unspecified atom stereocenters. The first-order valence-corrected chi connectivity index (χ1v) is 9.83. The highest BCUT2D eigenvalue weighted by Gasteiger charge is 2.22. The number of nitro benzene ring substituents is 1. The predicted octanol–water partition coefficient (Wildman–Crippen LogP) is 4.01. The minimum absolute atomic E-state index is 0.0657. The van der Waals surface area contributed by atoms with Crippen molar-refractivity contribution in [3.8, 4) is 0 Å². The van der Waals surface area contributed by atoms with E-state index in [2.05, 4.69) is 24.5 Å². The second-order valence-corrected chi connectivity index (χ2v) is 6.84. The van der Waals surface area contributed by atoms with E-state index >= 15 is 0 Å². The smallest absolute Gasteiger partial charge is 0.269 e. The summed E-state index contributed by atoms with van der Waals surface area (Å²) in [5.74, 6) is -0.168. The van der Waals surface area contributed by atoms with Crippen LogP contribution in [0.5, 0.6) is 0 Å². The minimum Gasteiger partial charge on any atom is -0.352 e. The van der Waals surface area contributed by atoms with Gasteiger partial charge in [-0.1, -0.05) is 57.0 Å². The molecule has 0 saturated carbocycles. The van der Waals surface area contributed by atoms with E-state index in [-0.39, 0.29) is 36.5 Å². The molecule has 2 aromatic rings. The number of nitrogens with one attached hydrogen (secondary N) is 2. The topological polar surface area (TPSA) is 101 Å². The highest BCUT2D eigenvalue weighted by Crippen LogP contribution is 2.27. The fraction of sp³-hybridized carbons (Fsp3) is 0.364. The average Bonchev–Trinajstić information content (AvgIpc) is 2.74. The summed E-state index contributed by atoms with van der Waals surface area (Å²) in [6.07, 6.45) is 2.06. The molecule has 2 N–H and O–H groups in total. The monoisotopic (exact) mass is 397 g/mol. The Morgan fingerprint density at radius 3 is 2.17 bits per heavy atom. The fourth-order valence-electron chi connectivity index (χ4n) is 3.27. The molecule has 0 saturated heterocycles. The maximum absolute atomic E-state index is 12.5. The third kappa shape index (κ3) is 6.41. The summed E-state index contributed by atoms with van der Waals surface area (Å²) in [5.41, 5.74) is 1.31. The van der Waals surface area contributed by atoms with Gasteiger partial charge in [0.05, 0.1) is 11.0 Å². The van der Waals surface area contributed by atoms with E-state index in [0.29, 0.717) is 11.5 Å². The van der Waals surface area contributed by atoms with Gasteiger partial charge in [0, 0.05) is 30.7 Å². The van der Waals surface area contributed by atoms with Crippen LogP contribution in [0.25, 0.3) is 0 Å². The molecule has 0 spiro atoms. The first kappa shape index (κ1) is 22.1. The molecule has 1 atom stereocenters. The number of nitrogens with zero attached hydrogens (tertiary/aromatic N) is 1. The third-order valence-electron chi connectivity index (χ3n) is 4.97. The SMILES string of the molecule is CCC(CC)[C@@H](NC(=O)CCNC(=O)c1ccc([N+](=O)[O-])cc1)c1ccccc1. The third-order valence-corrected chi connectivity index (χ3v) is 4.97. The van der Waals surface area contributed by atoms with Crippen LogP contribution in [0.1, 0.15) is 55.1 Å². The Bertz CT molecular complexity index is 818. The molecular formula is C22H27N3O4. The van der Waals surface area contributed by atoms with Gasteiger partial charge in [0.2, 0.25) is 5.91 Å². The van der Waals surface area contributed by atoms with Crippen molar-refractivity contribution in [3.63, 3.8) is 0 Å². The molecular weight excluding hydrogens is 370 g/mol. The van der Waals surface area contributed by atoms with Crippen molar-refractivity contribution in [2.75, 3.05) is 6.54 Å². The maximum atomic E-state index is 12.5. The summed E-state index contributed by atoms with van der Waals surface area (Å²) >= 11 is 0. The van der Waals surface area contributed by atoms with Crippen molar-refractivity contribution in [1.29, 1.82) is 0 Å². The summed E-state index contributed by atoms with van der Waals surface area (Å²) in [4.78, 5) is 34.8. The molecule has 2 rings (SSSR count). The highest BCUT2D eigenvalue weighted by molar-refractivity contribution is 5.94. The highest BCUT2D eigenvalue weighted by atomic mass is 16.6. The summed E-state index contributed by atoms with van der Waals surface area (Å²) in [5, 5.41) is 16.5. The average molecular weight is 397 g/mol. The molecule has 0 aliphatic carbocycles. The molecule has 0 fully saturated rings. The van der Waals surface area contributed by atoms with Crippen molar-refractivity contribution >= 4 is 17.5 Å². The van der Waals surface area contributed by atoms with E-state index in [4.69, 9.17) is 0 Å². The number of hydrogen-bond donors (Lipinski definition) is 2. The van der Waals surface area contributed by atoms with Crippen molar-refractivity contribution in [2.24, 2.45) is 5.92 Å². The largest absolute Gasteiger partial charge is 0.352 e. The molecule has 2 aromatic carbocycles. The number of benzene rings is 2.